The minimum Gasteiger partial charge on any atom is -0.447 e. The van der Waals surface area contributed by atoms with Gasteiger partial charge in [-0.3, -0.25) is 0 Å². The highest BCUT2D eigenvalue weighted by molar-refractivity contribution is 8.10. The summed E-state index contributed by atoms with van der Waals surface area (Å²) in [7, 11) is 18.0. The van der Waals surface area contributed by atoms with E-state index in [4.69, 9.17) is 4.43 Å². The van der Waals surface area contributed by atoms with Gasteiger partial charge in [-0.1, -0.05) is 0 Å². The summed E-state index contributed by atoms with van der Waals surface area (Å²) < 4.78 is 6.11. The molecule has 0 aromatic carbocycles. The van der Waals surface area contributed by atoms with E-state index in [2.05, 4.69) is 54.2 Å². The van der Waals surface area contributed by atoms with Gasteiger partial charge in [0.15, 0.2) is 0 Å². The smallest absolute Gasteiger partial charge is 0.0762 e. The van der Waals surface area contributed by atoms with Crippen molar-refractivity contribution in [2.75, 3.05) is 7.11 Å². The lowest BCUT2D eigenvalue weighted by Gasteiger charge is -2.44. The summed E-state index contributed by atoms with van der Waals surface area (Å²) in [5.41, 5.74) is 0. The lowest BCUT2D eigenvalue weighted by molar-refractivity contribution is 0.440. The van der Waals surface area contributed by atoms with E-state index in [1.165, 1.54) is 7.06 Å². The molecule has 0 rings (SSSR count). The molecule has 0 aliphatic rings. The molecule has 0 fully saturated rings. The maximum absolute atomic E-state index is 6.11. The summed E-state index contributed by atoms with van der Waals surface area (Å²) >= 11 is 0. The second-order valence-electron chi connectivity index (χ2n) is 5.55. The first-order valence-electron chi connectivity index (χ1n) is 6.39. The van der Waals surface area contributed by atoms with E-state index in [0.29, 0.717) is 6.09 Å². The Morgan fingerprint density at radius 2 is 1.53 bits per heavy atom. The molecule has 0 aliphatic heterocycles. The summed E-state index contributed by atoms with van der Waals surface area (Å²) in [5, 5.41) is 0. The quantitative estimate of drug-likeness (QED) is 0.390. The number of hydrogen-bond donors (Lipinski definition) is 0. The summed E-state index contributed by atoms with van der Waals surface area (Å²) in [6.07, 6.45) is 2.92. The van der Waals surface area contributed by atoms with Gasteiger partial charge >= 0.3 is 0 Å². The lowest BCUT2D eigenvalue weighted by atomic mass is 8.95. The molecule has 0 amide bonds. The Hall–Kier alpha value is 0.956. The Morgan fingerprint density at radius 1 is 1.07 bits per heavy atom. The minimum absolute atomic E-state index is 0.704. The highest BCUT2D eigenvalue weighted by atomic mass is 28.3. The Bertz CT molecular complexity index is 184. The maximum atomic E-state index is 6.11. The standard InChI is InChI=1S/CH18B12OSi/c1-14-15(11(5)6,12(7)9-2)13(8)10(3)4/h9H,2-8H2,1H3. The molecule has 0 N–H and O–H groups in total. The number of rotatable bonds is 6. The van der Waals surface area contributed by atoms with Gasteiger partial charge in [-0.05, 0) is 0 Å². The van der Waals surface area contributed by atoms with Crippen molar-refractivity contribution < 1.29 is 4.43 Å². The molecule has 1 nitrogen and oxygen atoms in total. The van der Waals surface area contributed by atoms with Gasteiger partial charge in [0.05, 0.1) is 80.3 Å². The van der Waals surface area contributed by atoms with Crippen LogP contribution < -0.4 is 0 Å². The van der Waals surface area contributed by atoms with Crippen LogP contribution in [0.4, 0.5) is 0 Å². The predicted molar refractivity (Wildman–Crippen MR) is 103 cm³/mol. The zero-order valence-electron chi connectivity index (χ0n) is 11.9. The van der Waals surface area contributed by atoms with Gasteiger partial charge in [0.25, 0.3) is 0 Å². The van der Waals surface area contributed by atoms with Crippen LogP contribution in [0.2, 0.25) is 0 Å². The third-order valence-electron chi connectivity index (χ3n) is 4.35. The molecular weight excluding hydrogens is 186 g/mol. The van der Waals surface area contributed by atoms with Crippen molar-refractivity contribution in [2.24, 2.45) is 0 Å². The summed E-state index contributed by atoms with van der Waals surface area (Å²) in [6.45, 7) is 0. The third-order valence-corrected chi connectivity index (χ3v) is 10.9. The van der Waals surface area contributed by atoms with E-state index in [1.807, 2.05) is 7.11 Å². The molecular formula is CH18B12OSi. The van der Waals surface area contributed by atoms with Crippen LogP contribution in [0.3, 0.4) is 0 Å². The van der Waals surface area contributed by atoms with Crippen LogP contribution in [0, 0.1) is 0 Å². The molecule has 0 saturated heterocycles. The van der Waals surface area contributed by atoms with E-state index in [-0.39, 0.29) is 0 Å². The summed E-state index contributed by atoms with van der Waals surface area (Å²) in [5.74, 6) is 0. The second kappa shape index (κ2) is 6.63. The Kier molecular flexibility index (Phi) is 7.06. The van der Waals surface area contributed by atoms with Crippen molar-refractivity contribution in [1.82, 2.24) is 0 Å². The fourth-order valence-corrected chi connectivity index (χ4v) is 9.02. The van der Waals surface area contributed by atoms with Gasteiger partial charge in [0, 0.05) is 20.6 Å². The van der Waals surface area contributed by atoms with Crippen LogP contribution in [-0.2, 0) is 4.43 Å². The highest BCUT2D eigenvalue weighted by Gasteiger charge is 2.49. The van der Waals surface area contributed by atoms with Crippen LogP contribution >= 0.6 is 0 Å². The topological polar surface area (TPSA) is 9.23 Å². The Labute approximate surface area is 105 Å². The average Bonchev–Trinajstić information content (AvgIpc) is 2.18. The number of hydrogen-bond acceptors (Lipinski definition) is 1. The van der Waals surface area contributed by atoms with Gasteiger partial charge in [0.1, 0.15) is 0 Å². The molecule has 1 atom stereocenters. The fourth-order valence-electron chi connectivity index (χ4n) is 3.01. The van der Waals surface area contributed by atoms with Crippen molar-refractivity contribution in [2.45, 2.75) is 0 Å². The fraction of sp³-hybridized carbons (Fsp3) is 1.00. The Balaban J connectivity index is 5.14. The average molecular weight is 204 g/mol. The van der Waals surface area contributed by atoms with E-state index < -0.39 is 7.93 Å². The van der Waals surface area contributed by atoms with E-state index in [0.717, 1.165) is 18.6 Å². The van der Waals surface area contributed by atoms with Crippen molar-refractivity contribution in [3.63, 3.8) is 0 Å². The summed E-state index contributed by atoms with van der Waals surface area (Å²) in [6, 6.07) is 0. The summed E-state index contributed by atoms with van der Waals surface area (Å²) in [4.78, 5) is 0. The van der Waals surface area contributed by atoms with Gasteiger partial charge < -0.3 is 4.43 Å². The molecule has 0 aromatic heterocycles. The van der Waals surface area contributed by atoms with Crippen LogP contribution in [-0.4, -0.2) is 101 Å². The van der Waals surface area contributed by atoms with Gasteiger partial charge in [-0.15, -0.1) is 0 Å². The predicted octanol–water partition coefficient (Wildman–Crippen LogP) is -8.87. The van der Waals surface area contributed by atoms with Crippen molar-refractivity contribution in [3.8, 4) is 0 Å². The maximum Gasteiger partial charge on any atom is 0.0762 e. The first-order valence-corrected chi connectivity index (χ1v) is 8.53. The Morgan fingerprint density at radius 3 is 1.73 bits per heavy atom. The van der Waals surface area contributed by atoms with Crippen molar-refractivity contribution in [1.29, 1.82) is 0 Å². The zero-order valence-corrected chi connectivity index (χ0v) is 12.9. The van der Waals surface area contributed by atoms with E-state index >= 15 is 0 Å². The molecule has 0 radical (unpaired) electrons. The van der Waals surface area contributed by atoms with Gasteiger partial charge in [-0.25, -0.2) is 0 Å². The first-order chi connectivity index (χ1) is 6.84. The highest BCUT2D eigenvalue weighted by Crippen LogP contribution is 2.11. The van der Waals surface area contributed by atoms with E-state index in [9.17, 15) is 0 Å². The SMILES string of the molecule is BBB(B)[Si](OC)(B(B)B)B(B)B(B)B. The lowest BCUT2D eigenvalue weighted by Crippen LogP contribution is -2.81. The molecule has 68 valence electrons. The van der Waals surface area contributed by atoms with Gasteiger partial charge in [0.2, 0.25) is 0 Å². The molecule has 0 saturated carbocycles. The van der Waals surface area contributed by atoms with Crippen LogP contribution in [0.25, 0.3) is 0 Å². The molecule has 0 heterocycles. The largest absolute Gasteiger partial charge is 0.447 e. The van der Waals surface area contributed by atoms with Gasteiger partial charge in [-0.2, -0.15) is 0 Å². The molecule has 14 heteroatoms. The molecule has 1 unspecified atom stereocenters. The van der Waals surface area contributed by atoms with Crippen LogP contribution in [0.15, 0.2) is 0 Å². The molecule has 15 heavy (non-hydrogen) atoms. The molecule has 0 aromatic rings. The van der Waals surface area contributed by atoms with Crippen molar-refractivity contribution in [3.05, 3.63) is 0 Å². The monoisotopic (exact) mass is 206 g/mol. The molecule has 0 bridgehead atoms. The minimum atomic E-state index is -1.62. The van der Waals surface area contributed by atoms with Crippen molar-refractivity contribution >= 4 is 93.8 Å². The first kappa shape index (κ1) is 16.0. The molecule has 0 aliphatic carbocycles. The van der Waals surface area contributed by atoms with Crippen LogP contribution in [0.5, 0.6) is 0 Å². The van der Waals surface area contributed by atoms with E-state index in [1.54, 1.807) is 0 Å². The normalized spacial score (nSPS) is 13.7. The molecule has 0 spiro atoms. The zero-order chi connectivity index (χ0) is 12.2. The second-order valence-corrected chi connectivity index (χ2v) is 10.7. The van der Waals surface area contributed by atoms with Crippen LogP contribution in [0.1, 0.15) is 0 Å². The third kappa shape index (κ3) is 3.21.